The molecule has 3 atom stereocenters. The van der Waals surface area contributed by atoms with E-state index in [0.717, 1.165) is 0 Å². The number of hydrogen-bond donors (Lipinski definition) is 2. The van der Waals surface area contributed by atoms with E-state index in [2.05, 4.69) is 5.32 Å². The molecule has 0 saturated carbocycles. The number of alkyl halides is 2. The molecule has 0 amide bonds. The van der Waals surface area contributed by atoms with E-state index in [0.29, 0.717) is 0 Å². The van der Waals surface area contributed by atoms with Gasteiger partial charge in [0.05, 0.1) is 12.6 Å². The average Bonchev–Trinajstić information content (AvgIpc) is 1.88. The van der Waals surface area contributed by atoms with Gasteiger partial charge in [-0.05, 0) is 0 Å². The van der Waals surface area contributed by atoms with Crippen LogP contribution in [0.4, 0.5) is 8.78 Å². The highest BCUT2D eigenvalue weighted by molar-refractivity contribution is 4.84. The van der Waals surface area contributed by atoms with Crippen molar-refractivity contribution in [2.24, 2.45) is 0 Å². The minimum Gasteiger partial charge on any atom is -0.395 e. The Morgan fingerprint density at radius 1 is 1.50 bits per heavy atom. The maximum absolute atomic E-state index is 12.6. The minimum atomic E-state index is -1.24. The molecular weight excluding hydrogens is 140 g/mol. The number of rotatable bonds is 1. The fraction of sp³-hybridized carbons (Fsp3) is 1.00. The van der Waals surface area contributed by atoms with Gasteiger partial charge in [0, 0.05) is 13.0 Å². The van der Waals surface area contributed by atoms with Gasteiger partial charge in [-0.3, -0.25) is 0 Å². The molecule has 0 aliphatic carbocycles. The molecule has 0 aromatic rings. The summed E-state index contributed by atoms with van der Waals surface area (Å²) in [6.45, 7) is -0.0977. The fourth-order valence-electron chi connectivity index (χ4n) is 1.08. The molecule has 4 heteroatoms. The Labute approximate surface area is 58.2 Å². The summed E-state index contributed by atoms with van der Waals surface area (Å²) in [5, 5.41) is 11.1. The van der Waals surface area contributed by atoms with Gasteiger partial charge in [-0.2, -0.15) is 0 Å². The quantitative estimate of drug-likeness (QED) is 0.553. The first-order valence-electron chi connectivity index (χ1n) is 3.36. The van der Waals surface area contributed by atoms with Gasteiger partial charge in [0.15, 0.2) is 0 Å². The van der Waals surface area contributed by atoms with Gasteiger partial charge >= 0.3 is 0 Å². The van der Waals surface area contributed by atoms with Crippen molar-refractivity contribution in [3.05, 3.63) is 0 Å². The van der Waals surface area contributed by atoms with Crippen LogP contribution in [-0.4, -0.2) is 36.6 Å². The summed E-state index contributed by atoms with van der Waals surface area (Å²) < 4.78 is 25.0. The number of nitrogens with one attached hydrogen (secondary N) is 1. The number of aliphatic hydroxyl groups excluding tert-OH is 1. The summed E-state index contributed by atoms with van der Waals surface area (Å²) in [4.78, 5) is 0. The zero-order chi connectivity index (χ0) is 7.56. The smallest absolute Gasteiger partial charge is 0.120 e. The molecule has 10 heavy (non-hydrogen) atoms. The van der Waals surface area contributed by atoms with Gasteiger partial charge in [0.1, 0.15) is 12.3 Å². The van der Waals surface area contributed by atoms with Crippen LogP contribution in [0.25, 0.3) is 0 Å². The van der Waals surface area contributed by atoms with Gasteiger partial charge in [-0.25, -0.2) is 8.78 Å². The summed E-state index contributed by atoms with van der Waals surface area (Å²) in [5.74, 6) is 0. The average molecular weight is 151 g/mol. The van der Waals surface area contributed by atoms with Crippen molar-refractivity contribution in [1.82, 2.24) is 5.32 Å². The molecular formula is C6H11F2NO. The Morgan fingerprint density at radius 3 is 2.70 bits per heavy atom. The van der Waals surface area contributed by atoms with Crippen molar-refractivity contribution in [2.45, 2.75) is 24.8 Å². The van der Waals surface area contributed by atoms with Gasteiger partial charge in [0.2, 0.25) is 0 Å². The predicted molar refractivity (Wildman–Crippen MR) is 33.3 cm³/mol. The van der Waals surface area contributed by atoms with Crippen LogP contribution >= 0.6 is 0 Å². The molecule has 1 aliphatic rings. The lowest BCUT2D eigenvalue weighted by molar-refractivity contribution is 0.0927. The molecule has 0 unspecified atom stereocenters. The zero-order valence-corrected chi connectivity index (χ0v) is 5.56. The van der Waals surface area contributed by atoms with Crippen LogP contribution in [0.15, 0.2) is 0 Å². The maximum Gasteiger partial charge on any atom is 0.120 e. The molecule has 1 saturated heterocycles. The lowest BCUT2D eigenvalue weighted by Gasteiger charge is -2.27. The van der Waals surface area contributed by atoms with E-state index in [1.165, 1.54) is 0 Å². The molecule has 1 fully saturated rings. The van der Waals surface area contributed by atoms with Crippen LogP contribution in [0.1, 0.15) is 6.42 Å². The summed E-state index contributed by atoms with van der Waals surface area (Å²) in [6.07, 6.45) is -2.43. The second-order valence-corrected chi connectivity index (χ2v) is 2.55. The Balaban J connectivity index is 2.36. The Bertz CT molecular complexity index is 112. The van der Waals surface area contributed by atoms with E-state index >= 15 is 0 Å². The molecule has 0 bridgehead atoms. The first-order valence-corrected chi connectivity index (χ1v) is 3.36. The van der Waals surface area contributed by atoms with E-state index in [9.17, 15) is 8.78 Å². The fourth-order valence-corrected chi connectivity index (χ4v) is 1.08. The second-order valence-electron chi connectivity index (χ2n) is 2.55. The monoisotopic (exact) mass is 151 g/mol. The SMILES string of the molecule is OC[C@H]1NC[C@@H](F)C[C@H]1F. The number of aliphatic hydroxyl groups is 1. The van der Waals surface area contributed by atoms with Gasteiger partial charge in [-0.1, -0.05) is 0 Å². The van der Waals surface area contributed by atoms with Gasteiger partial charge < -0.3 is 10.4 Å². The normalized spacial score (nSPS) is 41.7. The number of halogens is 2. The second kappa shape index (κ2) is 3.25. The molecule has 0 aromatic heterocycles. The van der Waals surface area contributed by atoms with E-state index in [1.807, 2.05) is 0 Å². The summed E-state index contributed by atoms with van der Waals surface area (Å²) >= 11 is 0. The van der Waals surface area contributed by atoms with Crippen LogP contribution < -0.4 is 5.32 Å². The van der Waals surface area contributed by atoms with Gasteiger partial charge in [0.25, 0.3) is 0 Å². The summed E-state index contributed by atoms with van der Waals surface area (Å²) in [7, 11) is 0. The lowest BCUT2D eigenvalue weighted by Crippen LogP contribution is -2.49. The van der Waals surface area contributed by atoms with Crippen molar-refractivity contribution in [3.63, 3.8) is 0 Å². The minimum absolute atomic E-state index is 0.0851. The maximum atomic E-state index is 12.6. The van der Waals surface area contributed by atoms with Crippen LogP contribution in [0.3, 0.4) is 0 Å². The molecule has 0 spiro atoms. The predicted octanol–water partition coefficient (Wildman–Crippen LogP) is 0.0168. The molecule has 0 radical (unpaired) electrons. The van der Waals surface area contributed by atoms with Crippen molar-refractivity contribution >= 4 is 0 Å². The molecule has 0 aromatic carbocycles. The molecule has 2 N–H and O–H groups in total. The third-order valence-electron chi connectivity index (χ3n) is 1.72. The zero-order valence-electron chi connectivity index (χ0n) is 5.56. The van der Waals surface area contributed by atoms with Crippen molar-refractivity contribution in [2.75, 3.05) is 13.2 Å². The molecule has 2 nitrogen and oxygen atoms in total. The number of piperidine rings is 1. The molecule has 60 valence electrons. The highest BCUT2D eigenvalue weighted by Crippen LogP contribution is 2.14. The van der Waals surface area contributed by atoms with E-state index in [4.69, 9.17) is 5.11 Å². The van der Waals surface area contributed by atoms with Crippen molar-refractivity contribution in [1.29, 1.82) is 0 Å². The summed E-state index contributed by atoms with van der Waals surface area (Å²) in [6, 6.07) is -0.563. The largest absolute Gasteiger partial charge is 0.395 e. The van der Waals surface area contributed by atoms with Crippen LogP contribution in [0.5, 0.6) is 0 Å². The first kappa shape index (κ1) is 7.88. The van der Waals surface area contributed by atoms with Crippen LogP contribution in [-0.2, 0) is 0 Å². The molecule has 1 aliphatic heterocycles. The first-order chi connectivity index (χ1) is 4.74. The lowest BCUT2D eigenvalue weighted by atomic mass is 10.0. The van der Waals surface area contributed by atoms with Crippen LogP contribution in [0.2, 0.25) is 0 Å². The van der Waals surface area contributed by atoms with E-state index < -0.39 is 18.4 Å². The van der Waals surface area contributed by atoms with Crippen molar-refractivity contribution in [3.8, 4) is 0 Å². The standard InChI is InChI=1S/C6H11F2NO/c7-4-1-5(8)6(3-10)9-2-4/h4-6,9-10H,1-3H2/t4-,5+,6+/m0/s1. The third kappa shape index (κ3) is 1.64. The Kier molecular flexibility index (Phi) is 2.56. The number of hydrogen-bond acceptors (Lipinski definition) is 2. The van der Waals surface area contributed by atoms with Gasteiger partial charge in [-0.15, -0.1) is 0 Å². The topological polar surface area (TPSA) is 32.3 Å². The highest BCUT2D eigenvalue weighted by atomic mass is 19.1. The Hall–Kier alpha value is -0.220. The highest BCUT2D eigenvalue weighted by Gasteiger charge is 2.29. The van der Waals surface area contributed by atoms with E-state index in [1.54, 1.807) is 0 Å². The molecule has 1 heterocycles. The third-order valence-corrected chi connectivity index (χ3v) is 1.72. The van der Waals surface area contributed by atoms with Crippen molar-refractivity contribution < 1.29 is 13.9 Å². The van der Waals surface area contributed by atoms with Crippen LogP contribution in [0, 0.1) is 0 Å². The molecule has 1 rings (SSSR count). The summed E-state index contributed by atoms with van der Waals surface area (Å²) in [5.41, 5.74) is 0. The van der Waals surface area contributed by atoms with E-state index in [-0.39, 0.29) is 19.6 Å². The Morgan fingerprint density at radius 2 is 2.20 bits per heavy atom.